The van der Waals surface area contributed by atoms with Crippen molar-refractivity contribution in [2.75, 3.05) is 13.3 Å². The summed E-state index contributed by atoms with van der Waals surface area (Å²) in [7, 11) is -3.47. The molecule has 0 saturated heterocycles. The third-order valence-corrected chi connectivity index (χ3v) is 4.54. The number of halogens is 5. The van der Waals surface area contributed by atoms with E-state index < -0.39 is 31.5 Å². The summed E-state index contributed by atoms with van der Waals surface area (Å²) in [6, 6.07) is 3.83. The summed E-state index contributed by atoms with van der Waals surface area (Å²) in [5.74, 6) is -2.89. The van der Waals surface area contributed by atoms with Gasteiger partial charge >= 0.3 is 6.18 Å². The summed E-state index contributed by atoms with van der Waals surface area (Å²) in [4.78, 5) is 0. The van der Waals surface area contributed by atoms with Gasteiger partial charge in [-0.15, -0.1) is 0 Å². The van der Waals surface area contributed by atoms with Crippen molar-refractivity contribution in [3.8, 4) is 0 Å². The minimum absolute atomic E-state index is 0.0236. The lowest BCUT2D eigenvalue weighted by atomic mass is 10.2. The average molecular weight is 318 g/mol. The van der Waals surface area contributed by atoms with Gasteiger partial charge in [-0.2, -0.15) is 13.2 Å². The smallest absolute Gasteiger partial charge is 0.322 e. The zero-order chi connectivity index (χ0) is 14.8. The first kappa shape index (κ1) is 16.5. The maximum Gasteiger partial charge on any atom is 0.410 e. The van der Waals surface area contributed by atoms with Gasteiger partial charge in [-0.1, -0.05) is 17.7 Å². The SMILES string of the molecule is CP(C)(=O)C(NCc1c(F)cccc1Cl)C(F)(F)F. The van der Waals surface area contributed by atoms with Gasteiger partial charge < -0.3 is 4.57 Å². The van der Waals surface area contributed by atoms with Crippen molar-refractivity contribution in [1.82, 2.24) is 5.32 Å². The number of rotatable bonds is 4. The van der Waals surface area contributed by atoms with Gasteiger partial charge in [0.1, 0.15) is 13.0 Å². The number of hydrogen-bond acceptors (Lipinski definition) is 2. The second-order valence-corrected chi connectivity index (χ2v) is 8.25. The van der Waals surface area contributed by atoms with Gasteiger partial charge in [0.15, 0.2) is 5.78 Å². The molecule has 0 aromatic heterocycles. The van der Waals surface area contributed by atoms with Crippen LogP contribution in [0.5, 0.6) is 0 Å². The quantitative estimate of drug-likeness (QED) is 0.669. The third-order valence-electron chi connectivity index (χ3n) is 2.47. The Hall–Kier alpha value is -0.580. The molecule has 108 valence electrons. The van der Waals surface area contributed by atoms with E-state index in [-0.39, 0.29) is 10.6 Å². The highest BCUT2D eigenvalue weighted by atomic mass is 35.5. The minimum Gasteiger partial charge on any atom is -0.322 e. The summed E-state index contributed by atoms with van der Waals surface area (Å²) in [5.41, 5.74) is -0.0770. The van der Waals surface area contributed by atoms with Crippen LogP contribution in [0, 0.1) is 5.82 Å². The van der Waals surface area contributed by atoms with Crippen LogP contribution >= 0.6 is 18.7 Å². The summed E-state index contributed by atoms with van der Waals surface area (Å²) in [5, 5.41) is 2.11. The predicted octanol–water partition coefficient (Wildman–Crippen LogP) is 4.08. The Morgan fingerprint density at radius 3 is 2.37 bits per heavy atom. The van der Waals surface area contributed by atoms with Gasteiger partial charge in [0.25, 0.3) is 0 Å². The van der Waals surface area contributed by atoms with Crippen molar-refractivity contribution in [2.24, 2.45) is 0 Å². The molecule has 1 aromatic carbocycles. The molecule has 0 spiro atoms. The first-order valence-corrected chi connectivity index (χ1v) is 8.36. The molecule has 0 aliphatic heterocycles. The highest BCUT2D eigenvalue weighted by Gasteiger charge is 2.46. The van der Waals surface area contributed by atoms with Crippen molar-refractivity contribution < 1.29 is 22.1 Å². The van der Waals surface area contributed by atoms with E-state index in [9.17, 15) is 22.1 Å². The Bertz CT molecular complexity index is 480. The highest BCUT2D eigenvalue weighted by Crippen LogP contribution is 2.48. The Balaban J connectivity index is 2.93. The first-order valence-electron chi connectivity index (χ1n) is 5.31. The second kappa shape index (κ2) is 5.81. The lowest BCUT2D eigenvalue weighted by Crippen LogP contribution is -2.41. The number of nitrogens with one attached hydrogen (secondary N) is 1. The lowest BCUT2D eigenvalue weighted by molar-refractivity contribution is -0.136. The molecular formula is C11H13ClF4NOP. The topological polar surface area (TPSA) is 29.1 Å². The summed E-state index contributed by atoms with van der Waals surface area (Å²) >= 11 is 5.71. The number of benzene rings is 1. The van der Waals surface area contributed by atoms with Gasteiger partial charge in [0.2, 0.25) is 0 Å². The molecule has 0 amide bonds. The monoisotopic (exact) mass is 317 g/mol. The molecule has 0 bridgehead atoms. The van der Waals surface area contributed by atoms with E-state index in [4.69, 9.17) is 11.6 Å². The fourth-order valence-corrected chi connectivity index (χ4v) is 3.05. The molecule has 1 rings (SSSR count). The molecule has 0 saturated carbocycles. The molecule has 1 aromatic rings. The Labute approximate surface area is 113 Å². The van der Waals surface area contributed by atoms with Crippen molar-refractivity contribution in [3.63, 3.8) is 0 Å². The molecule has 2 nitrogen and oxygen atoms in total. The fourth-order valence-electron chi connectivity index (χ4n) is 1.59. The minimum atomic E-state index is -4.67. The molecule has 8 heteroatoms. The number of alkyl halides is 3. The molecule has 1 atom stereocenters. The van der Waals surface area contributed by atoms with E-state index in [1.807, 2.05) is 0 Å². The van der Waals surface area contributed by atoms with Gasteiger partial charge in [-0.3, -0.25) is 5.32 Å². The first-order chi connectivity index (χ1) is 8.53. The molecule has 1 N–H and O–H groups in total. The van der Waals surface area contributed by atoms with Crippen LogP contribution in [0.4, 0.5) is 17.6 Å². The van der Waals surface area contributed by atoms with Crippen molar-refractivity contribution in [3.05, 3.63) is 34.6 Å². The molecule has 0 aliphatic rings. The third kappa shape index (κ3) is 4.48. The normalized spacial score (nSPS) is 14.5. The van der Waals surface area contributed by atoms with Crippen LogP contribution in [-0.4, -0.2) is 25.3 Å². The molecule has 0 heterocycles. The van der Waals surface area contributed by atoms with Crippen LogP contribution < -0.4 is 5.32 Å². The average Bonchev–Trinajstić information content (AvgIpc) is 2.18. The molecule has 0 aliphatic carbocycles. The maximum atomic E-state index is 13.4. The van der Waals surface area contributed by atoms with Crippen LogP contribution in [0.1, 0.15) is 5.56 Å². The summed E-state index contributed by atoms with van der Waals surface area (Å²) in [6.07, 6.45) is -4.67. The zero-order valence-corrected chi connectivity index (χ0v) is 11.9. The zero-order valence-electron chi connectivity index (χ0n) is 10.3. The van der Waals surface area contributed by atoms with Gasteiger partial charge in [-0.05, 0) is 25.5 Å². The Kier molecular flexibility index (Phi) is 5.04. The van der Waals surface area contributed by atoms with E-state index in [2.05, 4.69) is 5.32 Å². The Morgan fingerprint density at radius 2 is 1.95 bits per heavy atom. The Morgan fingerprint density at radius 1 is 1.37 bits per heavy atom. The maximum absolute atomic E-state index is 13.4. The van der Waals surface area contributed by atoms with Crippen LogP contribution in [0.15, 0.2) is 18.2 Å². The second-order valence-electron chi connectivity index (χ2n) is 4.46. The van der Waals surface area contributed by atoms with Crippen LogP contribution in [0.2, 0.25) is 5.02 Å². The van der Waals surface area contributed by atoms with E-state index >= 15 is 0 Å². The summed E-state index contributed by atoms with van der Waals surface area (Å²) in [6.45, 7) is 1.61. The standard InChI is InChI=1S/C11H13ClF4NOP/c1-19(2,18)10(11(14,15)16)17-6-7-8(12)4-3-5-9(7)13/h3-5,10,17H,6H2,1-2H3. The van der Waals surface area contributed by atoms with Crippen molar-refractivity contribution in [2.45, 2.75) is 18.5 Å². The molecule has 19 heavy (non-hydrogen) atoms. The van der Waals surface area contributed by atoms with Crippen molar-refractivity contribution >= 4 is 18.7 Å². The molecule has 1 unspecified atom stereocenters. The molecule has 0 radical (unpaired) electrons. The van der Waals surface area contributed by atoms with E-state index in [0.29, 0.717) is 0 Å². The largest absolute Gasteiger partial charge is 0.410 e. The predicted molar refractivity (Wildman–Crippen MR) is 67.5 cm³/mol. The molecule has 0 fully saturated rings. The van der Waals surface area contributed by atoms with Crippen LogP contribution in [0.3, 0.4) is 0 Å². The van der Waals surface area contributed by atoms with Gasteiger partial charge in [-0.25, -0.2) is 4.39 Å². The van der Waals surface area contributed by atoms with Gasteiger partial charge in [0, 0.05) is 17.1 Å². The van der Waals surface area contributed by atoms with Gasteiger partial charge in [0.05, 0.1) is 0 Å². The van der Waals surface area contributed by atoms with Crippen molar-refractivity contribution in [1.29, 1.82) is 0 Å². The van der Waals surface area contributed by atoms with Crippen LogP contribution in [-0.2, 0) is 11.1 Å². The molecular weight excluding hydrogens is 305 g/mol. The van der Waals surface area contributed by atoms with E-state index in [1.165, 1.54) is 12.1 Å². The lowest BCUT2D eigenvalue weighted by Gasteiger charge is -2.25. The summed E-state index contributed by atoms with van der Waals surface area (Å²) < 4.78 is 63.3. The fraction of sp³-hybridized carbons (Fsp3) is 0.455. The van der Waals surface area contributed by atoms with E-state index in [1.54, 1.807) is 0 Å². The number of hydrogen-bond donors (Lipinski definition) is 1. The van der Waals surface area contributed by atoms with Crippen LogP contribution in [0.25, 0.3) is 0 Å². The highest BCUT2D eigenvalue weighted by molar-refractivity contribution is 7.63. The van der Waals surface area contributed by atoms with E-state index in [0.717, 1.165) is 19.4 Å².